The van der Waals surface area contributed by atoms with Crippen LogP contribution in [-0.2, 0) is 23.8 Å². The van der Waals surface area contributed by atoms with Gasteiger partial charge in [-0.25, -0.2) is 4.79 Å². The number of esters is 1. The second-order valence-corrected chi connectivity index (χ2v) is 10.8. The molecule has 2 unspecified atom stereocenters. The smallest absolute Gasteiger partial charge is 0.333 e. The molecule has 0 heterocycles. The Morgan fingerprint density at radius 3 is 2.43 bits per heavy atom. The van der Waals surface area contributed by atoms with E-state index < -0.39 is 15.7 Å². The van der Waals surface area contributed by atoms with E-state index in [9.17, 15) is 13.2 Å². The molecular formula is C22H28O5S. The Morgan fingerprint density at radius 2 is 1.82 bits per heavy atom. The van der Waals surface area contributed by atoms with Crippen molar-refractivity contribution in [1.29, 1.82) is 0 Å². The minimum atomic E-state index is -3.85. The van der Waals surface area contributed by atoms with Crippen LogP contribution < -0.4 is 0 Å². The molecule has 4 aliphatic rings. The summed E-state index contributed by atoms with van der Waals surface area (Å²) in [7, 11) is -3.85. The molecule has 0 radical (unpaired) electrons. The summed E-state index contributed by atoms with van der Waals surface area (Å²) in [5, 5.41) is 0. The second kappa shape index (κ2) is 6.70. The van der Waals surface area contributed by atoms with Crippen molar-refractivity contribution in [2.45, 2.75) is 62.9 Å². The van der Waals surface area contributed by atoms with E-state index in [1.165, 1.54) is 0 Å². The Hall–Kier alpha value is -1.66. The number of benzene rings is 1. The van der Waals surface area contributed by atoms with E-state index in [0.29, 0.717) is 36.0 Å². The molecule has 0 saturated heterocycles. The standard InChI is InChI=1S/C22H28O5S/c1-15(2)20(23)26-14-21-9-17-8-18(10-21)12-22(11-17,13-21)27-28(24,25)19-7-5-4-6-16(19)3/h4-7,17-18H,1,8-14H2,2-3H3. The molecule has 4 aliphatic carbocycles. The van der Waals surface area contributed by atoms with Crippen LogP contribution in [0.4, 0.5) is 0 Å². The van der Waals surface area contributed by atoms with Crippen LogP contribution >= 0.6 is 0 Å². The zero-order valence-corrected chi connectivity index (χ0v) is 17.4. The van der Waals surface area contributed by atoms with Gasteiger partial charge in [-0.1, -0.05) is 24.8 Å². The lowest BCUT2D eigenvalue weighted by Crippen LogP contribution is -2.58. The third-order valence-corrected chi connectivity index (χ3v) is 8.21. The number of ether oxygens (including phenoxy) is 1. The van der Waals surface area contributed by atoms with Gasteiger partial charge in [-0.2, -0.15) is 8.42 Å². The van der Waals surface area contributed by atoms with Crippen molar-refractivity contribution in [3.8, 4) is 0 Å². The monoisotopic (exact) mass is 404 g/mol. The first-order valence-electron chi connectivity index (χ1n) is 9.96. The molecule has 28 heavy (non-hydrogen) atoms. The zero-order valence-electron chi connectivity index (χ0n) is 16.6. The minimum Gasteiger partial charge on any atom is -0.462 e. The molecule has 0 N–H and O–H groups in total. The number of hydrogen-bond acceptors (Lipinski definition) is 5. The van der Waals surface area contributed by atoms with Crippen molar-refractivity contribution in [3.63, 3.8) is 0 Å². The summed E-state index contributed by atoms with van der Waals surface area (Å²) in [5.41, 5.74) is 0.215. The van der Waals surface area contributed by atoms with Crippen LogP contribution in [0.5, 0.6) is 0 Å². The Balaban J connectivity index is 1.59. The minimum absolute atomic E-state index is 0.184. The number of rotatable bonds is 6. The lowest BCUT2D eigenvalue weighted by Gasteiger charge is -2.60. The summed E-state index contributed by atoms with van der Waals surface area (Å²) in [4.78, 5) is 12.2. The number of carbonyl (C=O) groups excluding carboxylic acids is 1. The van der Waals surface area contributed by atoms with E-state index in [0.717, 1.165) is 32.1 Å². The van der Waals surface area contributed by atoms with Crippen molar-refractivity contribution >= 4 is 16.1 Å². The predicted octanol–water partition coefficient (Wildman–Crippen LogP) is 4.16. The molecule has 0 aliphatic heterocycles. The van der Waals surface area contributed by atoms with Gasteiger partial charge >= 0.3 is 5.97 Å². The maximum absolute atomic E-state index is 13.1. The normalized spacial score (nSPS) is 33.6. The Labute approximate surface area is 167 Å². The van der Waals surface area contributed by atoms with Crippen molar-refractivity contribution in [2.75, 3.05) is 6.61 Å². The summed E-state index contributed by atoms with van der Waals surface area (Å²) in [5.74, 6) is 0.479. The van der Waals surface area contributed by atoms with Gasteiger partial charge in [0.15, 0.2) is 0 Å². The van der Waals surface area contributed by atoms with E-state index in [4.69, 9.17) is 8.92 Å². The van der Waals surface area contributed by atoms with Crippen LogP contribution in [0.3, 0.4) is 0 Å². The van der Waals surface area contributed by atoms with Gasteiger partial charge in [0.25, 0.3) is 10.1 Å². The van der Waals surface area contributed by atoms with Crippen molar-refractivity contribution in [2.24, 2.45) is 17.3 Å². The van der Waals surface area contributed by atoms with Gasteiger partial charge in [0.2, 0.25) is 0 Å². The molecule has 0 amide bonds. The second-order valence-electron chi connectivity index (χ2n) is 9.30. The van der Waals surface area contributed by atoms with E-state index >= 15 is 0 Å². The molecule has 152 valence electrons. The lowest BCUT2D eigenvalue weighted by atomic mass is 9.48. The Bertz CT molecular complexity index is 903. The maximum Gasteiger partial charge on any atom is 0.333 e. The van der Waals surface area contributed by atoms with Gasteiger partial charge < -0.3 is 4.74 Å². The van der Waals surface area contributed by atoms with Crippen LogP contribution in [0, 0.1) is 24.2 Å². The summed E-state index contributed by atoms with van der Waals surface area (Å²) in [6.45, 7) is 7.39. The molecule has 5 nitrogen and oxygen atoms in total. The SMILES string of the molecule is C=C(C)C(=O)OCC12CC3CC(C1)CC(OS(=O)(=O)c1ccccc1C)(C3)C2. The zero-order chi connectivity index (χ0) is 20.2. The van der Waals surface area contributed by atoms with Crippen molar-refractivity contribution < 1.29 is 22.1 Å². The molecule has 4 fully saturated rings. The Kier molecular flexibility index (Phi) is 4.70. The molecule has 5 rings (SSSR count). The van der Waals surface area contributed by atoms with E-state index in [1.807, 2.05) is 6.07 Å². The highest BCUT2D eigenvalue weighted by Gasteiger charge is 2.60. The highest BCUT2D eigenvalue weighted by Crippen LogP contribution is 2.63. The summed E-state index contributed by atoms with van der Waals surface area (Å²) in [6.07, 6.45) is 5.23. The maximum atomic E-state index is 13.1. The van der Waals surface area contributed by atoms with Gasteiger partial charge in [-0.15, -0.1) is 0 Å². The summed E-state index contributed by atoms with van der Waals surface area (Å²) in [6, 6.07) is 6.94. The number of aryl methyl sites for hydroxylation is 1. The quantitative estimate of drug-likeness (QED) is 0.405. The topological polar surface area (TPSA) is 69.7 Å². The molecule has 0 aromatic heterocycles. The van der Waals surface area contributed by atoms with Gasteiger partial charge in [0.1, 0.15) is 0 Å². The predicted molar refractivity (Wildman–Crippen MR) is 105 cm³/mol. The third kappa shape index (κ3) is 3.52. The van der Waals surface area contributed by atoms with Crippen LogP contribution in [0.1, 0.15) is 51.0 Å². The third-order valence-electron chi connectivity index (χ3n) is 6.64. The average Bonchev–Trinajstić information content (AvgIpc) is 2.57. The number of carbonyl (C=O) groups is 1. The van der Waals surface area contributed by atoms with Gasteiger partial charge in [-0.05, 0) is 75.8 Å². The summed E-state index contributed by atoms with van der Waals surface area (Å²) >= 11 is 0. The molecule has 4 saturated carbocycles. The van der Waals surface area contributed by atoms with Crippen LogP contribution in [0.15, 0.2) is 41.3 Å². The Morgan fingerprint density at radius 1 is 1.18 bits per heavy atom. The summed E-state index contributed by atoms with van der Waals surface area (Å²) < 4.78 is 37.7. The molecule has 2 atom stereocenters. The average molecular weight is 405 g/mol. The molecule has 1 aromatic carbocycles. The highest BCUT2D eigenvalue weighted by atomic mass is 32.2. The van der Waals surface area contributed by atoms with Crippen LogP contribution in [-0.4, -0.2) is 26.6 Å². The fourth-order valence-electron chi connectivity index (χ4n) is 6.09. The largest absolute Gasteiger partial charge is 0.462 e. The van der Waals surface area contributed by atoms with E-state index in [2.05, 4.69) is 6.58 Å². The molecule has 0 spiro atoms. The van der Waals surface area contributed by atoms with Crippen LogP contribution in [0.2, 0.25) is 0 Å². The molecule has 1 aromatic rings. The fraction of sp³-hybridized carbons (Fsp3) is 0.591. The first kappa shape index (κ1) is 19.6. The lowest BCUT2D eigenvalue weighted by molar-refractivity contribution is -0.175. The van der Waals surface area contributed by atoms with Gasteiger partial charge in [-0.3, -0.25) is 4.18 Å². The first-order chi connectivity index (χ1) is 13.1. The highest BCUT2D eigenvalue weighted by molar-refractivity contribution is 7.86. The number of hydrogen-bond donors (Lipinski definition) is 0. The molecular weight excluding hydrogens is 376 g/mol. The van der Waals surface area contributed by atoms with Gasteiger partial charge in [0, 0.05) is 11.0 Å². The van der Waals surface area contributed by atoms with E-state index in [-0.39, 0.29) is 16.3 Å². The molecule has 4 bridgehead atoms. The van der Waals surface area contributed by atoms with Crippen LogP contribution in [0.25, 0.3) is 0 Å². The fourth-order valence-corrected chi connectivity index (χ4v) is 7.55. The van der Waals surface area contributed by atoms with Crippen molar-refractivity contribution in [1.82, 2.24) is 0 Å². The van der Waals surface area contributed by atoms with E-state index in [1.54, 1.807) is 32.0 Å². The molecule has 6 heteroatoms. The van der Waals surface area contributed by atoms with Gasteiger partial charge in [0.05, 0.1) is 17.1 Å². The first-order valence-corrected chi connectivity index (χ1v) is 11.4. The van der Waals surface area contributed by atoms with Crippen molar-refractivity contribution in [3.05, 3.63) is 42.0 Å².